The van der Waals surface area contributed by atoms with Crippen LogP contribution < -0.4 is 10.6 Å². The number of hydrogen-bond acceptors (Lipinski definition) is 4. The number of carbonyl (C=O) groups excluding carboxylic acids is 3. The lowest BCUT2D eigenvalue weighted by Crippen LogP contribution is -2.55. The van der Waals surface area contributed by atoms with Gasteiger partial charge in [0, 0.05) is 25.6 Å². The van der Waals surface area contributed by atoms with Gasteiger partial charge in [0.2, 0.25) is 5.91 Å². The highest BCUT2D eigenvalue weighted by Gasteiger charge is 2.52. The monoisotopic (exact) mass is 480 g/mol. The first-order chi connectivity index (χ1) is 16.8. The average molecular weight is 481 g/mol. The summed E-state index contributed by atoms with van der Waals surface area (Å²) in [6.07, 6.45) is 1.82. The molecule has 1 unspecified atom stereocenters. The molecule has 2 aliphatic heterocycles. The van der Waals surface area contributed by atoms with Gasteiger partial charge < -0.3 is 15.5 Å². The second kappa shape index (κ2) is 10.6. The quantitative estimate of drug-likeness (QED) is 0.566. The minimum atomic E-state index is -0.877. The van der Waals surface area contributed by atoms with Crippen molar-refractivity contribution in [2.45, 2.75) is 51.2 Å². The number of nitrogens with zero attached hydrogens (tertiary/aromatic N) is 2. The van der Waals surface area contributed by atoms with Gasteiger partial charge in [0.05, 0.1) is 12.6 Å². The van der Waals surface area contributed by atoms with E-state index in [4.69, 9.17) is 0 Å². The van der Waals surface area contributed by atoms with Crippen molar-refractivity contribution in [2.75, 3.05) is 19.6 Å². The lowest BCUT2D eigenvalue weighted by atomic mass is 9.87. The van der Waals surface area contributed by atoms with Crippen LogP contribution in [0.25, 0.3) is 0 Å². The number of imide groups is 1. The van der Waals surface area contributed by atoms with E-state index in [9.17, 15) is 18.8 Å². The predicted octanol–water partition coefficient (Wildman–Crippen LogP) is 3.62. The predicted molar refractivity (Wildman–Crippen MR) is 131 cm³/mol. The van der Waals surface area contributed by atoms with E-state index in [0.717, 1.165) is 18.5 Å². The molecule has 186 valence electrons. The van der Waals surface area contributed by atoms with Gasteiger partial charge in [-0.25, -0.2) is 9.18 Å². The van der Waals surface area contributed by atoms with Crippen LogP contribution in [0.4, 0.5) is 9.18 Å². The van der Waals surface area contributed by atoms with E-state index in [-0.39, 0.29) is 36.1 Å². The Morgan fingerprint density at radius 1 is 1.06 bits per heavy atom. The number of carbonyl (C=O) groups is 3. The zero-order chi connectivity index (χ0) is 25.0. The third-order valence-corrected chi connectivity index (χ3v) is 6.99. The molecule has 4 rings (SSSR count). The average Bonchev–Trinajstić information content (AvgIpc) is 3.08. The molecule has 2 aliphatic rings. The summed E-state index contributed by atoms with van der Waals surface area (Å²) in [5, 5.41) is 6.09. The Kier molecular flexibility index (Phi) is 7.50. The summed E-state index contributed by atoms with van der Waals surface area (Å²) >= 11 is 0. The number of hydrogen-bond donors (Lipinski definition) is 2. The van der Waals surface area contributed by atoms with Crippen LogP contribution >= 0.6 is 0 Å². The number of halogens is 1. The van der Waals surface area contributed by atoms with Crippen molar-refractivity contribution in [3.63, 3.8) is 0 Å². The Morgan fingerprint density at radius 3 is 2.34 bits per heavy atom. The highest BCUT2D eigenvalue weighted by molar-refractivity contribution is 6.07. The van der Waals surface area contributed by atoms with E-state index < -0.39 is 11.6 Å². The molecular weight excluding hydrogens is 447 g/mol. The molecule has 4 amide bonds. The highest BCUT2D eigenvalue weighted by Crippen LogP contribution is 2.31. The molecule has 7 nitrogen and oxygen atoms in total. The molecule has 0 aromatic heterocycles. The van der Waals surface area contributed by atoms with Crippen molar-refractivity contribution in [1.29, 1.82) is 0 Å². The summed E-state index contributed by atoms with van der Waals surface area (Å²) in [5.74, 6) is -0.631. The highest BCUT2D eigenvalue weighted by atomic mass is 19.1. The van der Waals surface area contributed by atoms with E-state index in [2.05, 4.69) is 15.5 Å². The molecule has 1 spiro atoms. The van der Waals surface area contributed by atoms with Crippen molar-refractivity contribution in [2.24, 2.45) is 5.92 Å². The van der Waals surface area contributed by atoms with E-state index >= 15 is 0 Å². The van der Waals surface area contributed by atoms with Crippen LogP contribution in [0.1, 0.15) is 50.3 Å². The van der Waals surface area contributed by atoms with Crippen LogP contribution in [0.3, 0.4) is 0 Å². The first kappa shape index (κ1) is 24.9. The fourth-order valence-electron chi connectivity index (χ4n) is 4.75. The largest absolute Gasteiger partial charge is 0.349 e. The van der Waals surface area contributed by atoms with Crippen LogP contribution in [-0.4, -0.2) is 52.8 Å². The normalized spacial score (nSPS) is 18.7. The summed E-state index contributed by atoms with van der Waals surface area (Å²) in [4.78, 5) is 41.7. The first-order valence-electron chi connectivity index (χ1n) is 12.2. The zero-order valence-electron chi connectivity index (χ0n) is 20.3. The molecule has 2 aromatic carbocycles. The second-order valence-electron chi connectivity index (χ2n) is 9.79. The molecule has 8 heteroatoms. The number of nitrogens with one attached hydrogen (secondary N) is 2. The molecule has 2 fully saturated rings. The standard InChI is InChI=1S/C27H33FN4O3/c1-19(2)24(33)29-23(21-6-4-3-5-7-21)12-15-31-16-13-27(14-17-31)25(34)32(26(35)30-27)18-20-8-10-22(28)11-9-20/h3-11,19,23H,12-18H2,1-2H3,(H,29,33)(H,30,35). The Bertz CT molecular complexity index is 1050. The maximum Gasteiger partial charge on any atom is 0.325 e. The van der Waals surface area contributed by atoms with E-state index in [1.807, 2.05) is 44.2 Å². The van der Waals surface area contributed by atoms with E-state index in [1.54, 1.807) is 12.1 Å². The molecule has 0 saturated carbocycles. The van der Waals surface area contributed by atoms with E-state index in [0.29, 0.717) is 31.5 Å². The third kappa shape index (κ3) is 5.70. The number of amides is 4. The van der Waals surface area contributed by atoms with Gasteiger partial charge in [0.1, 0.15) is 11.4 Å². The summed E-state index contributed by atoms with van der Waals surface area (Å²) in [7, 11) is 0. The molecule has 2 N–H and O–H groups in total. The van der Waals surface area contributed by atoms with Gasteiger partial charge >= 0.3 is 6.03 Å². The van der Waals surface area contributed by atoms with Crippen molar-refractivity contribution in [3.05, 3.63) is 71.5 Å². The lowest BCUT2D eigenvalue weighted by molar-refractivity contribution is -0.133. The van der Waals surface area contributed by atoms with E-state index in [1.165, 1.54) is 17.0 Å². The lowest BCUT2D eigenvalue weighted by Gasteiger charge is -2.37. The molecule has 2 saturated heterocycles. The topological polar surface area (TPSA) is 81.8 Å². The van der Waals surface area contributed by atoms with Crippen molar-refractivity contribution in [3.8, 4) is 0 Å². The molecule has 2 aromatic rings. The number of benzene rings is 2. The van der Waals surface area contributed by atoms with Crippen LogP contribution in [0.15, 0.2) is 54.6 Å². The van der Waals surface area contributed by atoms with Gasteiger partial charge in [-0.1, -0.05) is 56.3 Å². The number of likely N-dealkylation sites (tertiary alicyclic amines) is 1. The maximum absolute atomic E-state index is 13.2. The Labute approximate surface area is 205 Å². The van der Waals surface area contributed by atoms with Gasteiger partial charge in [0.15, 0.2) is 0 Å². The molecular formula is C27H33FN4O3. The van der Waals surface area contributed by atoms with Gasteiger partial charge in [-0.15, -0.1) is 0 Å². The van der Waals surface area contributed by atoms with Crippen LogP contribution in [0, 0.1) is 11.7 Å². The minimum Gasteiger partial charge on any atom is -0.349 e. The van der Waals surface area contributed by atoms with Crippen molar-refractivity contribution >= 4 is 17.8 Å². The van der Waals surface area contributed by atoms with Crippen molar-refractivity contribution in [1.82, 2.24) is 20.4 Å². The molecule has 0 aliphatic carbocycles. The maximum atomic E-state index is 13.2. The summed E-state index contributed by atoms with van der Waals surface area (Å²) in [5.41, 5.74) is 0.905. The first-order valence-corrected chi connectivity index (χ1v) is 12.2. The van der Waals surface area contributed by atoms with Gasteiger partial charge in [0.25, 0.3) is 5.91 Å². The number of urea groups is 1. The SMILES string of the molecule is CC(C)C(=O)NC(CCN1CCC2(CC1)NC(=O)N(Cc1ccc(F)cc1)C2=O)c1ccccc1. The summed E-state index contributed by atoms with van der Waals surface area (Å²) < 4.78 is 13.2. The van der Waals surface area contributed by atoms with Gasteiger partial charge in [-0.2, -0.15) is 0 Å². The Morgan fingerprint density at radius 2 is 1.71 bits per heavy atom. The number of piperidine rings is 1. The van der Waals surface area contributed by atoms with Crippen LogP contribution in [0.5, 0.6) is 0 Å². The van der Waals surface area contributed by atoms with Crippen LogP contribution in [0.2, 0.25) is 0 Å². The smallest absolute Gasteiger partial charge is 0.325 e. The Hall–Kier alpha value is -3.26. The second-order valence-corrected chi connectivity index (χ2v) is 9.79. The molecule has 0 radical (unpaired) electrons. The molecule has 1 atom stereocenters. The molecule has 0 bridgehead atoms. The summed E-state index contributed by atoms with van der Waals surface area (Å²) in [6.45, 7) is 6.02. The molecule has 2 heterocycles. The fraction of sp³-hybridized carbons (Fsp3) is 0.444. The zero-order valence-corrected chi connectivity index (χ0v) is 20.3. The fourth-order valence-corrected chi connectivity index (χ4v) is 4.75. The Balaban J connectivity index is 1.34. The third-order valence-electron chi connectivity index (χ3n) is 6.99. The summed E-state index contributed by atoms with van der Waals surface area (Å²) in [6, 6.07) is 15.3. The van der Waals surface area contributed by atoms with Crippen LogP contribution in [-0.2, 0) is 16.1 Å². The minimum absolute atomic E-state index is 0.0250. The number of rotatable bonds is 8. The molecule has 35 heavy (non-hydrogen) atoms. The van der Waals surface area contributed by atoms with Crippen molar-refractivity contribution < 1.29 is 18.8 Å². The van der Waals surface area contributed by atoms with Gasteiger partial charge in [-0.05, 0) is 42.5 Å². The van der Waals surface area contributed by atoms with Gasteiger partial charge in [-0.3, -0.25) is 14.5 Å².